The lowest BCUT2D eigenvalue weighted by molar-refractivity contribution is 0.107. The molecular weight excluding hydrogens is 200 g/mol. The number of hydrogen-bond acceptors (Lipinski definition) is 3. The van der Waals surface area contributed by atoms with Gasteiger partial charge in [-0.05, 0) is 37.5 Å². The van der Waals surface area contributed by atoms with Gasteiger partial charge in [-0.1, -0.05) is 6.07 Å². The van der Waals surface area contributed by atoms with Gasteiger partial charge in [-0.15, -0.1) is 0 Å². The summed E-state index contributed by atoms with van der Waals surface area (Å²) in [6, 6.07) is 9.69. The summed E-state index contributed by atoms with van der Waals surface area (Å²) in [4.78, 5) is 0. The molecule has 1 unspecified atom stereocenters. The lowest BCUT2D eigenvalue weighted by atomic mass is 10.1. The van der Waals surface area contributed by atoms with Crippen LogP contribution in [0.25, 0.3) is 0 Å². The molecule has 1 fully saturated rings. The summed E-state index contributed by atoms with van der Waals surface area (Å²) < 4.78 is 5.54. The van der Waals surface area contributed by atoms with Gasteiger partial charge in [0.05, 0.1) is 17.7 Å². The SMILES string of the molecule is N#Cc1cccc(NCCC2CCCO2)c1. The molecule has 0 amide bonds. The van der Waals surface area contributed by atoms with Crippen LogP contribution < -0.4 is 5.32 Å². The Morgan fingerprint density at radius 2 is 2.44 bits per heavy atom. The highest BCUT2D eigenvalue weighted by atomic mass is 16.5. The van der Waals surface area contributed by atoms with Crippen LogP contribution in [0.5, 0.6) is 0 Å². The first-order chi connectivity index (χ1) is 7.88. The monoisotopic (exact) mass is 216 g/mol. The Bertz CT molecular complexity index is 378. The summed E-state index contributed by atoms with van der Waals surface area (Å²) in [5, 5.41) is 12.1. The quantitative estimate of drug-likeness (QED) is 0.841. The second kappa shape index (κ2) is 5.53. The van der Waals surface area contributed by atoms with E-state index < -0.39 is 0 Å². The van der Waals surface area contributed by atoms with E-state index in [0.29, 0.717) is 11.7 Å². The zero-order valence-corrected chi connectivity index (χ0v) is 9.28. The standard InChI is InChI=1S/C13H16N2O/c14-10-11-3-1-4-12(9-11)15-7-6-13-5-2-8-16-13/h1,3-4,9,13,15H,2,5-8H2. The molecule has 3 nitrogen and oxygen atoms in total. The van der Waals surface area contributed by atoms with Crippen LogP contribution in [0.1, 0.15) is 24.8 Å². The molecule has 3 heteroatoms. The van der Waals surface area contributed by atoms with Crippen molar-refractivity contribution >= 4 is 5.69 Å². The molecule has 0 radical (unpaired) electrons. The Morgan fingerprint density at radius 3 is 3.19 bits per heavy atom. The molecule has 0 aromatic heterocycles. The molecule has 2 rings (SSSR count). The van der Waals surface area contributed by atoms with Crippen molar-refractivity contribution in [3.63, 3.8) is 0 Å². The van der Waals surface area contributed by atoms with Gasteiger partial charge in [0.25, 0.3) is 0 Å². The van der Waals surface area contributed by atoms with Gasteiger partial charge in [0.2, 0.25) is 0 Å². The maximum absolute atomic E-state index is 8.76. The minimum absolute atomic E-state index is 0.423. The van der Waals surface area contributed by atoms with Crippen molar-refractivity contribution < 1.29 is 4.74 Å². The van der Waals surface area contributed by atoms with Gasteiger partial charge in [-0.25, -0.2) is 0 Å². The number of ether oxygens (including phenoxy) is 1. The van der Waals surface area contributed by atoms with Crippen molar-refractivity contribution in [3.8, 4) is 6.07 Å². The minimum atomic E-state index is 0.423. The summed E-state index contributed by atoms with van der Waals surface area (Å²) in [6.07, 6.45) is 3.83. The first-order valence-corrected chi connectivity index (χ1v) is 5.74. The molecule has 0 aliphatic carbocycles. The van der Waals surface area contributed by atoms with Gasteiger partial charge in [0.1, 0.15) is 0 Å². The van der Waals surface area contributed by atoms with Crippen molar-refractivity contribution in [1.29, 1.82) is 5.26 Å². The summed E-state index contributed by atoms with van der Waals surface area (Å²) >= 11 is 0. The number of nitrogens with zero attached hydrogens (tertiary/aromatic N) is 1. The van der Waals surface area contributed by atoms with Gasteiger partial charge in [-0.2, -0.15) is 5.26 Å². The molecule has 1 aromatic rings. The topological polar surface area (TPSA) is 45.0 Å². The third-order valence-corrected chi connectivity index (χ3v) is 2.81. The molecule has 0 spiro atoms. The summed E-state index contributed by atoms with van der Waals surface area (Å²) in [5.41, 5.74) is 1.71. The van der Waals surface area contributed by atoms with E-state index >= 15 is 0 Å². The third kappa shape index (κ3) is 2.98. The molecule has 0 bridgehead atoms. The van der Waals surface area contributed by atoms with Gasteiger partial charge in [0.15, 0.2) is 0 Å². The first kappa shape index (κ1) is 11.0. The summed E-state index contributed by atoms with van der Waals surface area (Å²) in [6.45, 7) is 1.81. The molecule has 16 heavy (non-hydrogen) atoms. The zero-order chi connectivity index (χ0) is 11.2. The van der Waals surface area contributed by atoms with Crippen LogP contribution in [-0.4, -0.2) is 19.3 Å². The van der Waals surface area contributed by atoms with E-state index in [1.54, 1.807) is 0 Å². The average molecular weight is 216 g/mol. The Balaban J connectivity index is 1.78. The molecule has 1 N–H and O–H groups in total. The van der Waals surface area contributed by atoms with E-state index in [2.05, 4.69) is 11.4 Å². The second-order valence-corrected chi connectivity index (χ2v) is 4.04. The average Bonchev–Trinajstić information content (AvgIpc) is 2.82. The molecule has 84 valence electrons. The largest absolute Gasteiger partial charge is 0.385 e. The second-order valence-electron chi connectivity index (χ2n) is 4.04. The summed E-state index contributed by atoms with van der Waals surface area (Å²) in [7, 11) is 0. The predicted octanol–water partition coefficient (Wildman–Crippen LogP) is 2.54. The van der Waals surface area contributed by atoms with Crippen LogP contribution in [0.15, 0.2) is 24.3 Å². The maximum atomic E-state index is 8.76. The van der Waals surface area contributed by atoms with E-state index in [1.807, 2.05) is 24.3 Å². The van der Waals surface area contributed by atoms with Crippen LogP contribution in [-0.2, 0) is 4.74 Å². The Kier molecular flexibility index (Phi) is 3.79. The molecular formula is C13H16N2O. The molecule has 1 aromatic carbocycles. The maximum Gasteiger partial charge on any atom is 0.0992 e. The zero-order valence-electron chi connectivity index (χ0n) is 9.28. The van der Waals surface area contributed by atoms with Crippen molar-refractivity contribution in [2.75, 3.05) is 18.5 Å². The van der Waals surface area contributed by atoms with E-state index in [0.717, 1.165) is 25.3 Å². The van der Waals surface area contributed by atoms with Gasteiger partial charge in [0, 0.05) is 18.8 Å². The molecule has 1 aliphatic heterocycles. The van der Waals surface area contributed by atoms with Crippen molar-refractivity contribution in [2.45, 2.75) is 25.4 Å². The summed E-state index contributed by atoms with van der Waals surface area (Å²) in [5.74, 6) is 0. The third-order valence-electron chi connectivity index (χ3n) is 2.81. The molecule has 1 aliphatic rings. The number of nitriles is 1. The highest BCUT2D eigenvalue weighted by Gasteiger charge is 2.14. The number of hydrogen-bond donors (Lipinski definition) is 1. The van der Waals surface area contributed by atoms with Crippen molar-refractivity contribution in [2.24, 2.45) is 0 Å². The van der Waals surface area contributed by atoms with Gasteiger partial charge >= 0.3 is 0 Å². The Labute approximate surface area is 96.0 Å². The van der Waals surface area contributed by atoms with E-state index in [-0.39, 0.29) is 0 Å². The lowest BCUT2D eigenvalue weighted by Crippen LogP contribution is -2.12. The predicted molar refractivity (Wildman–Crippen MR) is 63.2 cm³/mol. The van der Waals surface area contributed by atoms with E-state index in [9.17, 15) is 0 Å². The molecule has 1 saturated heterocycles. The Hall–Kier alpha value is -1.53. The van der Waals surface area contributed by atoms with Gasteiger partial charge in [-0.3, -0.25) is 0 Å². The highest BCUT2D eigenvalue weighted by molar-refractivity contribution is 5.48. The normalized spacial score (nSPS) is 19.3. The fourth-order valence-electron chi connectivity index (χ4n) is 1.95. The fraction of sp³-hybridized carbons (Fsp3) is 0.462. The van der Waals surface area contributed by atoms with E-state index in [1.165, 1.54) is 12.8 Å². The highest BCUT2D eigenvalue weighted by Crippen LogP contribution is 2.16. The van der Waals surface area contributed by atoms with Crippen LogP contribution in [0.2, 0.25) is 0 Å². The Morgan fingerprint density at radius 1 is 1.50 bits per heavy atom. The van der Waals surface area contributed by atoms with Crippen LogP contribution in [0.4, 0.5) is 5.69 Å². The number of nitrogens with one attached hydrogen (secondary N) is 1. The first-order valence-electron chi connectivity index (χ1n) is 5.74. The van der Waals surface area contributed by atoms with Crippen LogP contribution in [0.3, 0.4) is 0 Å². The number of anilines is 1. The number of benzene rings is 1. The lowest BCUT2D eigenvalue weighted by Gasteiger charge is -2.10. The molecule has 1 atom stereocenters. The van der Waals surface area contributed by atoms with Crippen molar-refractivity contribution in [1.82, 2.24) is 0 Å². The fourth-order valence-corrected chi connectivity index (χ4v) is 1.95. The van der Waals surface area contributed by atoms with Gasteiger partial charge < -0.3 is 10.1 Å². The smallest absolute Gasteiger partial charge is 0.0992 e. The van der Waals surface area contributed by atoms with Crippen LogP contribution in [0, 0.1) is 11.3 Å². The minimum Gasteiger partial charge on any atom is -0.385 e. The molecule has 0 saturated carbocycles. The van der Waals surface area contributed by atoms with E-state index in [4.69, 9.17) is 10.00 Å². The molecule has 1 heterocycles. The number of rotatable bonds is 4. The van der Waals surface area contributed by atoms with Crippen LogP contribution >= 0.6 is 0 Å². The van der Waals surface area contributed by atoms with Crippen molar-refractivity contribution in [3.05, 3.63) is 29.8 Å².